The van der Waals surface area contributed by atoms with Crippen molar-refractivity contribution >= 4 is 52.4 Å². The van der Waals surface area contributed by atoms with Gasteiger partial charge in [0.15, 0.2) is 17.3 Å². The Morgan fingerprint density at radius 1 is 1.06 bits per heavy atom. The predicted octanol–water partition coefficient (Wildman–Crippen LogP) is 4.16. The lowest BCUT2D eigenvalue weighted by Crippen LogP contribution is -2.49. The maximum Gasteiger partial charge on any atom is 0.419 e. The summed E-state index contributed by atoms with van der Waals surface area (Å²) < 4.78 is 23.4. The molecule has 0 saturated carbocycles. The third kappa shape index (κ3) is 7.09. The van der Waals surface area contributed by atoms with Crippen molar-refractivity contribution < 1.29 is 38.1 Å². The number of hydrogen-bond donors (Lipinski definition) is 4. The fraction of sp³-hybridized carbons (Fsp3) is 0.382. The Labute approximate surface area is 286 Å². The maximum atomic E-state index is 13.6. The van der Waals surface area contributed by atoms with Gasteiger partial charge in [-0.2, -0.15) is 0 Å². The van der Waals surface area contributed by atoms with Crippen LogP contribution in [-0.2, 0) is 23.8 Å². The second-order valence-electron chi connectivity index (χ2n) is 13.0. The van der Waals surface area contributed by atoms with Crippen molar-refractivity contribution in [1.29, 1.82) is 5.41 Å². The van der Waals surface area contributed by atoms with Gasteiger partial charge in [0.25, 0.3) is 5.91 Å². The van der Waals surface area contributed by atoms with Gasteiger partial charge in [0.2, 0.25) is 11.8 Å². The molecule has 2 fully saturated rings. The number of benzene rings is 2. The molecule has 49 heavy (non-hydrogen) atoms. The Kier molecular flexibility index (Phi) is 9.09. The lowest BCUT2D eigenvalue weighted by Gasteiger charge is -2.32. The van der Waals surface area contributed by atoms with Crippen LogP contribution in [0.2, 0.25) is 0 Å². The van der Waals surface area contributed by atoms with Crippen LogP contribution in [0.4, 0.5) is 16.2 Å². The average molecular weight is 691 g/mol. The van der Waals surface area contributed by atoms with Gasteiger partial charge in [0.1, 0.15) is 17.5 Å². The van der Waals surface area contributed by atoms with E-state index in [1.165, 1.54) is 33.3 Å². The average Bonchev–Trinajstić information content (AvgIpc) is 3.82. The number of amides is 4. The van der Waals surface area contributed by atoms with Crippen LogP contribution in [0, 0.1) is 5.41 Å². The Hall–Kier alpha value is -4.99. The van der Waals surface area contributed by atoms with Crippen LogP contribution in [0.1, 0.15) is 61.0 Å². The summed E-state index contributed by atoms with van der Waals surface area (Å²) in [7, 11) is 0. The molecule has 0 bridgehead atoms. The van der Waals surface area contributed by atoms with E-state index in [1.807, 2.05) is 0 Å². The highest BCUT2D eigenvalue weighted by Gasteiger charge is 2.52. The van der Waals surface area contributed by atoms with E-state index < -0.39 is 53.8 Å². The van der Waals surface area contributed by atoms with Crippen LogP contribution >= 0.6 is 11.3 Å². The molecule has 258 valence electrons. The molecule has 1 spiro atoms. The molecule has 3 aliphatic rings. The molecule has 2 atom stereocenters. The zero-order valence-electron chi connectivity index (χ0n) is 27.5. The summed E-state index contributed by atoms with van der Waals surface area (Å²) in [5, 5.41) is 15.0. The van der Waals surface area contributed by atoms with Crippen molar-refractivity contribution in [3.63, 3.8) is 0 Å². The minimum Gasteiger partial charge on any atom is -0.453 e. The van der Waals surface area contributed by atoms with Crippen molar-refractivity contribution in [1.82, 2.24) is 15.5 Å². The van der Waals surface area contributed by atoms with Crippen LogP contribution in [0.5, 0.6) is 11.5 Å². The number of carbonyl (C=O) groups is 4. The lowest BCUT2D eigenvalue weighted by molar-refractivity contribution is -0.152. The van der Waals surface area contributed by atoms with Gasteiger partial charge in [0, 0.05) is 27.8 Å². The third-order valence-corrected chi connectivity index (χ3v) is 9.33. The fourth-order valence-corrected chi connectivity index (χ4v) is 6.82. The summed E-state index contributed by atoms with van der Waals surface area (Å²) in [5.74, 6) is -1.96. The van der Waals surface area contributed by atoms with Crippen LogP contribution in [0.25, 0.3) is 0 Å². The number of carbonyl (C=O) groups excluding carboxylic acids is 4. The van der Waals surface area contributed by atoms with Gasteiger partial charge in [-0.3, -0.25) is 19.8 Å². The Morgan fingerprint density at radius 3 is 2.47 bits per heavy atom. The first kappa shape index (κ1) is 33.9. The highest BCUT2D eigenvalue weighted by atomic mass is 32.1. The topological polar surface area (TPSA) is 186 Å². The number of amidine groups is 1. The smallest absolute Gasteiger partial charge is 0.419 e. The molecule has 0 aliphatic carbocycles. The molecule has 2 saturated heterocycles. The van der Waals surface area contributed by atoms with Gasteiger partial charge >= 0.3 is 6.09 Å². The predicted molar refractivity (Wildman–Crippen MR) is 180 cm³/mol. The van der Waals surface area contributed by atoms with Crippen molar-refractivity contribution in [2.75, 3.05) is 31.2 Å². The Balaban J connectivity index is 1.15. The molecule has 0 radical (unpaired) electrons. The minimum atomic E-state index is -1.11. The second-order valence-corrected chi connectivity index (χ2v) is 13.9. The quantitative estimate of drug-likeness (QED) is 0.209. The molecule has 4 heterocycles. The van der Waals surface area contributed by atoms with Crippen LogP contribution in [-0.4, -0.2) is 78.3 Å². The normalized spacial score (nSPS) is 18.2. The summed E-state index contributed by atoms with van der Waals surface area (Å²) in [4.78, 5) is 57.3. The van der Waals surface area contributed by atoms with E-state index >= 15 is 0 Å². The maximum absolute atomic E-state index is 13.6. The van der Waals surface area contributed by atoms with Gasteiger partial charge in [0.05, 0.1) is 43.7 Å². The van der Waals surface area contributed by atoms with Gasteiger partial charge in [-0.05, 0) is 64.1 Å². The van der Waals surface area contributed by atoms with Crippen LogP contribution < -0.4 is 26.0 Å². The van der Waals surface area contributed by atoms with E-state index in [2.05, 4.69) is 10.6 Å². The number of nitrogen functional groups attached to an aromatic ring is 1. The largest absolute Gasteiger partial charge is 0.453 e. The van der Waals surface area contributed by atoms with Crippen LogP contribution in [0.15, 0.2) is 53.9 Å². The van der Waals surface area contributed by atoms with Gasteiger partial charge in [-0.25, -0.2) is 9.69 Å². The molecule has 1 unspecified atom stereocenters. The van der Waals surface area contributed by atoms with Gasteiger partial charge in [-0.1, -0.05) is 12.1 Å². The zero-order valence-corrected chi connectivity index (χ0v) is 28.3. The summed E-state index contributed by atoms with van der Waals surface area (Å²) in [5.41, 5.74) is 6.49. The Morgan fingerprint density at radius 2 is 1.78 bits per heavy atom. The van der Waals surface area contributed by atoms with Crippen molar-refractivity contribution in [2.45, 2.75) is 57.6 Å². The van der Waals surface area contributed by atoms with E-state index in [-0.39, 0.29) is 30.1 Å². The number of thiophene rings is 1. The van der Waals surface area contributed by atoms with E-state index in [1.54, 1.807) is 69.5 Å². The molecule has 4 amide bonds. The van der Waals surface area contributed by atoms with Crippen molar-refractivity contribution in [3.8, 4) is 11.5 Å². The molecule has 2 aromatic carbocycles. The number of ether oxygens (including phenoxy) is 4. The first-order valence-electron chi connectivity index (χ1n) is 15.8. The second kappa shape index (κ2) is 13.1. The number of nitrogens with two attached hydrogens (primary N) is 1. The standard InChI is InChI=1S/C34H38N6O8S/c1-19(27-14-21(17-49-27)29(35)36)38-31(43)24-15-34(45-11-12-46-34)18-39(24)28(41)16-37-30(42)20-9-10-23-26(13-20)47-25-8-6-5-7-22(25)40(23)32(44)48-33(2,3)4/h5-10,13-14,17,19,24H,11-12,15-16,18H2,1-4H3,(H3,35,36)(H,37,42)(H,38,43)/t19-,24?/m1/s1. The summed E-state index contributed by atoms with van der Waals surface area (Å²) in [6.45, 7) is 7.42. The van der Waals surface area contributed by atoms with E-state index in [0.29, 0.717) is 35.9 Å². The van der Waals surface area contributed by atoms with E-state index in [0.717, 1.165) is 4.88 Å². The summed E-state index contributed by atoms with van der Waals surface area (Å²) >= 11 is 1.37. The molecule has 1 aromatic heterocycles. The van der Waals surface area contributed by atoms with E-state index in [9.17, 15) is 19.2 Å². The van der Waals surface area contributed by atoms with Crippen LogP contribution in [0.3, 0.4) is 0 Å². The van der Waals surface area contributed by atoms with Gasteiger partial charge < -0.3 is 40.2 Å². The molecule has 6 rings (SSSR count). The molecular weight excluding hydrogens is 652 g/mol. The number of para-hydroxylation sites is 2. The molecular formula is C34H38N6O8S. The summed E-state index contributed by atoms with van der Waals surface area (Å²) in [6, 6.07) is 12.0. The zero-order chi connectivity index (χ0) is 35.1. The number of likely N-dealkylation sites (tertiary alicyclic amines) is 1. The Bertz CT molecular complexity index is 1810. The number of rotatable bonds is 7. The minimum absolute atomic E-state index is 0.0221. The number of fused-ring (bicyclic) bond motifs is 2. The number of anilines is 2. The first-order chi connectivity index (χ1) is 23.2. The first-order valence-corrected chi connectivity index (χ1v) is 16.6. The number of nitrogens with zero attached hydrogens (tertiary/aromatic N) is 2. The van der Waals surface area contributed by atoms with E-state index in [4.69, 9.17) is 30.1 Å². The van der Waals surface area contributed by atoms with Gasteiger partial charge in [-0.15, -0.1) is 11.3 Å². The molecule has 15 heteroatoms. The molecule has 3 aromatic rings. The fourth-order valence-electron chi connectivity index (χ4n) is 5.91. The SMILES string of the molecule is C[C@@H](NC(=O)C1CC2(CN1C(=O)CNC(=O)c1ccc3c(c1)Oc1ccccc1N3C(=O)OC(C)(C)C)OCCO2)c1cc(C(=N)N)cs1. The van der Waals surface area contributed by atoms with Crippen molar-refractivity contribution in [2.24, 2.45) is 5.73 Å². The number of nitrogens with one attached hydrogen (secondary N) is 3. The lowest BCUT2D eigenvalue weighted by atomic mass is 10.1. The monoisotopic (exact) mass is 690 g/mol. The highest BCUT2D eigenvalue weighted by molar-refractivity contribution is 7.10. The van der Waals surface area contributed by atoms with Crippen molar-refractivity contribution in [3.05, 3.63) is 69.9 Å². The molecule has 14 nitrogen and oxygen atoms in total. The highest BCUT2D eigenvalue weighted by Crippen LogP contribution is 2.47. The third-order valence-electron chi connectivity index (χ3n) is 8.21. The number of hydrogen-bond acceptors (Lipinski definition) is 10. The summed E-state index contributed by atoms with van der Waals surface area (Å²) in [6.07, 6.45) is -0.471. The molecule has 3 aliphatic heterocycles. The molecule has 5 N–H and O–H groups in total.